The van der Waals surface area contributed by atoms with E-state index < -0.39 is 11.6 Å². The van der Waals surface area contributed by atoms with Gasteiger partial charge in [-0.15, -0.1) is 0 Å². The fourth-order valence-corrected chi connectivity index (χ4v) is 4.85. The Labute approximate surface area is 222 Å². The van der Waals surface area contributed by atoms with Gasteiger partial charge in [-0.05, 0) is 83.7 Å². The number of amides is 3. The zero-order chi connectivity index (χ0) is 27.2. The van der Waals surface area contributed by atoms with E-state index in [-0.39, 0.29) is 11.9 Å². The normalized spacial score (nSPS) is 15.6. The van der Waals surface area contributed by atoms with Crippen molar-refractivity contribution in [2.75, 3.05) is 19.6 Å². The average molecular weight is 509 g/mol. The molecule has 1 heterocycles. The molecule has 37 heavy (non-hydrogen) atoms. The van der Waals surface area contributed by atoms with E-state index in [9.17, 15) is 9.59 Å². The highest BCUT2D eigenvalue weighted by molar-refractivity contribution is 5.89. The van der Waals surface area contributed by atoms with E-state index in [0.29, 0.717) is 38.2 Å². The topological polar surface area (TPSA) is 73.9 Å². The number of hydrogen-bond donors (Lipinski definition) is 2. The molecule has 2 aromatic carbocycles. The lowest BCUT2D eigenvalue weighted by atomic mass is 9.91. The predicted octanol–water partition coefficient (Wildman–Crippen LogP) is 4.91. The second-order valence-electron chi connectivity index (χ2n) is 11.4. The zero-order valence-electron chi connectivity index (χ0n) is 23.5. The van der Waals surface area contributed by atoms with Crippen LogP contribution in [0.25, 0.3) is 0 Å². The summed E-state index contributed by atoms with van der Waals surface area (Å²) in [5.41, 5.74) is 2.59. The fourth-order valence-electron chi connectivity index (χ4n) is 4.85. The van der Waals surface area contributed by atoms with Gasteiger partial charge in [-0.2, -0.15) is 0 Å². The molecule has 7 heteroatoms. The molecule has 1 aliphatic rings. The zero-order valence-corrected chi connectivity index (χ0v) is 23.5. The summed E-state index contributed by atoms with van der Waals surface area (Å²) in [5.74, 6) is 0.606. The Morgan fingerprint density at radius 2 is 1.73 bits per heavy atom. The molecule has 0 saturated carbocycles. The number of hydrogen-bond acceptors (Lipinski definition) is 4. The Bertz CT molecular complexity index is 1040. The lowest BCUT2D eigenvalue weighted by Gasteiger charge is -2.38. The number of nitrogens with one attached hydrogen (secondary N) is 2. The lowest BCUT2D eigenvalue weighted by molar-refractivity contribution is -0.126. The first-order valence-corrected chi connectivity index (χ1v) is 13.4. The summed E-state index contributed by atoms with van der Waals surface area (Å²) in [6, 6.07) is 15.7. The number of carbonyl (C=O) groups excluding carboxylic acids is 2. The molecule has 1 atom stereocenters. The van der Waals surface area contributed by atoms with E-state index in [1.807, 2.05) is 69.3 Å². The monoisotopic (exact) mass is 508 g/mol. The molecule has 0 fully saturated rings. The van der Waals surface area contributed by atoms with Gasteiger partial charge in [-0.3, -0.25) is 9.69 Å². The molecule has 2 N–H and O–H groups in total. The van der Waals surface area contributed by atoms with Crippen molar-refractivity contribution in [2.24, 2.45) is 0 Å². The maximum Gasteiger partial charge on any atom is 0.318 e. The SMILES string of the molecule is CC(C)N(CCNC(=O)C1c2ccc(OCc3ccccc3)cc2CCN1C(=O)NC(C)(C)C)C(C)C. The molecule has 3 rings (SSSR count). The number of benzene rings is 2. The third kappa shape index (κ3) is 7.96. The van der Waals surface area contributed by atoms with Gasteiger partial charge in [0, 0.05) is 37.3 Å². The molecular weight excluding hydrogens is 464 g/mol. The third-order valence-electron chi connectivity index (χ3n) is 6.58. The minimum Gasteiger partial charge on any atom is -0.489 e. The quantitative estimate of drug-likeness (QED) is 0.505. The van der Waals surface area contributed by atoms with Crippen molar-refractivity contribution in [1.29, 1.82) is 0 Å². The van der Waals surface area contributed by atoms with Crippen LogP contribution in [0, 0.1) is 0 Å². The first kappa shape index (κ1) is 28.5. The summed E-state index contributed by atoms with van der Waals surface area (Å²) >= 11 is 0. The van der Waals surface area contributed by atoms with Crippen molar-refractivity contribution in [1.82, 2.24) is 20.4 Å². The summed E-state index contributed by atoms with van der Waals surface area (Å²) in [4.78, 5) is 30.8. The Balaban J connectivity index is 1.79. The van der Waals surface area contributed by atoms with Crippen LogP contribution in [0.15, 0.2) is 48.5 Å². The van der Waals surface area contributed by atoms with Crippen LogP contribution < -0.4 is 15.4 Å². The maximum atomic E-state index is 13.6. The first-order chi connectivity index (χ1) is 17.5. The number of rotatable bonds is 9. The average Bonchev–Trinajstić information content (AvgIpc) is 2.83. The molecule has 2 aromatic rings. The number of urea groups is 1. The molecule has 202 valence electrons. The molecular formula is C30H44N4O3. The van der Waals surface area contributed by atoms with Gasteiger partial charge in [0.2, 0.25) is 5.91 Å². The van der Waals surface area contributed by atoms with Gasteiger partial charge < -0.3 is 20.3 Å². The largest absolute Gasteiger partial charge is 0.489 e. The van der Waals surface area contributed by atoms with Crippen LogP contribution in [0.3, 0.4) is 0 Å². The summed E-state index contributed by atoms with van der Waals surface area (Å²) in [5, 5.41) is 6.14. The molecule has 3 amide bonds. The first-order valence-electron chi connectivity index (χ1n) is 13.4. The van der Waals surface area contributed by atoms with Crippen LogP contribution in [0.4, 0.5) is 4.79 Å². The minimum atomic E-state index is -0.694. The van der Waals surface area contributed by atoms with Gasteiger partial charge in [0.1, 0.15) is 18.4 Å². The maximum absolute atomic E-state index is 13.6. The number of fused-ring (bicyclic) bond motifs is 1. The van der Waals surface area contributed by atoms with Crippen LogP contribution in [-0.2, 0) is 17.8 Å². The molecule has 1 aliphatic heterocycles. The summed E-state index contributed by atoms with van der Waals surface area (Å²) in [7, 11) is 0. The number of nitrogens with zero attached hydrogens (tertiary/aromatic N) is 2. The molecule has 0 aromatic heterocycles. The second-order valence-corrected chi connectivity index (χ2v) is 11.4. The summed E-state index contributed by atoms with van der Waals surface area (Å²) in [6.07, 6.45) is 0.660. The molecule has 0 radical (unpaired) electrons. The van der Waals surface area contributed by atoms with E-state index >= 15 is 0 Å². The Morgan fingerprint density at radius 1 is 1.05 bits per heavy atom. The Morgan fingerprint density at radius 3 is 2.35 bits per heavy atom. The Kier molecular flexibility index (Phi) is 9.60. The summed E-state index contributed by atoms with van der Waals surface area (Å²) < 4.78 is 6.03. The van der Waals surface area contributed by atoms with Gasteiger partial charge in [-0.25, -0.2) is 4.79 Å². The van der Waals surface area contributed by atoms with Gasteiger partial charge in [0.15, 0.2) is 0 Å². The molecule has 0 spiro atoms. The fraction of sp³-hybridized carbons (Fsp3) is 0.533. The molecule has 7 nitrogen and oxygen atoms in total. The van der Waals surface area contributed by atoms with E-state index in [1.165, 1.54) is 0 Å². The van der Waals surface area contributed by atoms with Gasteiger partial charge in [-0.1, -0.05) is 36.4 Å². The van der Waals surface area contributed by atoms with Crippen molar-refractivity contribution in [2.45, 2.75) is 85.2 Å². The van der Waals surface area contributed by atoms with Crippen LogP contribution >= 0.6 is 0 Å². The van der Waals surface area contributed by atoms with Crippen LogP contribution in [0.2, 0.25) is 0 Å². The van der Waals surface area contributed by atoms with Gasteiger partial charge >= 0.3 is 6.03 Å². The van der Waals surface area contributed by atoms with Crippen molar-refractivity contribution in [3.8, 4) is 5.75 Å². The summed E-state index contributed by atoms with van der Waals surface area (Å²) in [6.45, 7) is 16.7. The van der Waals surface area contributed by atoms with E-state index in [0.717, 1.165) is 29.0 Å². The van der Waals surface area contributed by atoms with Crippen LogP contribution in [-0.4, -0.2) is 59.0 Å². The van der Waals surface area contributed by atoms with Gasteiger partial charge in [0.25, 0.3) is 0 Å². The van der Waals surface area contributed by atoms with Gasteiger partial charge in [0.05, 0.1) is 0 Å². The third-order valence-corrected chi connectivity index (χ3v) is 6.58. The van der Waals surface area contributed by atoms with Crippen LogP contribution in [0.1, 0.15) is 71.2 Å². The standard InChI is InChI=1S/C30H44N4O3/c1-21(2)33(22(3)4)18-16-31-28(35)27-26-14-13-25(37-20-23-11-9-8-10-12-23)19-24(26)15-17-34(27)29(36)32-30(5,6)7/h8-14,19,21-22,27H,15-18,20H2,1-7H3,(H,31,35)(H,32,36). The number of carbonyl (C=O) groups is 2. The molecule has 0 aliphatic carbocycles. The Hall–Kier alpha value is -3.06. The van der Waals surface area contributed by atoms with E-state index in [1.54, 1.807) is 4.90 Å². The van der Waals surface area contributed by atoms with E-state index in [2.05, 4.69) is 43.2 Å². The lowest BCUT2D eigenvalue weighted by Crippen LogP contribution is -2.55. The van der Waals surface area contributed by atoms with Crippen molar-refractivity contribution >= 4 is 11.9 Å². The van der Waals surface area contributed by atoms with E-state index in [4.69, 9.17) is 4.74 Å². The molecule has 1 unspecified atom stereocenters. The smallest absolute Gasteiger partial charge is 0.318 e. The highest BCUT2D eigenvalue weighted by Gasteiger charge is 2.37. The second kappa shape index (κ2) is 12.5. The molecule has 0 saturated heterocycles. The predicted molar refractivity (Wildman–Crippen MR) is 149 cm³/mol. The van der Waals surface area contributed by atoms with Crippen molar-refractivity contribution in [3.63, 3.8) is 0 Å². The number of ether oxygens (including phenoxy) is 1. The highest BCUT2D eigenvalue weighted by atomic mass is 16.5. The van der Waals surface area contributed by atoms with Crippen molar-refractivity contribution < 1.29 is 14.3 Å². The molecule has 0 bridgehead atoms. The minimum absolute atomic E-state index is 0.157. The van der Waals surface area contributed by atoms with Crippen molar-refractivity contribution in [3.05, 3.63) is 65.2 Å². The van der Waals surface area contributed by atoms with Crippen LogP contribution in [0.5, 0.6) is 5.75 Å². The highest BCUT2D eigenvalue weighted by Crippen LogP contribution is 2.33.